The van der Waals surface area contributed by atoms with E-state index in [-0.39, 0.29) is 6.04 Å². The van der Waals surface area contributed by atoms with Crippen molar-refractivity contribution in [2.75, 3.05) is 12.8 Å². The maximum Gasteiger partial charge on any atom is 0.226 e. The molecule has 0 heterocycles. The fourth-order valence-corrected chi connectivity index (χ4v) is 3.66. The van der Waals surface area contributed by atoms with Crippen LogP contribution in [0.5, 0.6) is 0 Å². The number of nitrogen functional groups attached to an aromatic ring is 1. The van der Waals surface area contributed by atoms with Gasteiger partial charge < -0.3 is 10.6 Å². The molecule has 0 aromatic heterocycles. The average Bonchev–Trinajstić information content (AvgIpc) is 2.88. The van der Waals surface area contributed by atoms with Gasteiger partial charge in [-0.1, -0.05) is 18.6 Å². The Balaban J connectivity index is 1.70. The summed E-state index contributed by atoms with van der Waals surface area (Å²) in [7, 11) is 1.92. The van der Waals surface area contributed by atoms with Gasteiger partial charge in [0.2, 0.25) is 5.91 Å². The first-order valence-corrected chi connectivity index (χ1v) is 7.21. The number of carbonyl (C=O) groups excluding carboxylic acids is 1. The van der Waals surface area contributed by atoms with E-state index in [0.29, 0.717) is 23.7 Å². The second-order valence-electron chi connectivity index (χ2n) is 6.08. The summed E-state index contributed by atoms with van der Waals surface area (Å²) in [5, 5.41) is 0. The Labute approximate surface area is 114 Å². The van der Waals surface area contributed by atoms with E-state index >= 15 is 0 Å². The van der Waals surface area contributed by atoms with E-state index in [1.165, 1.54) is 19.3 Å². The quantitative estimate of drug-likeness (QED) is 0.847. The third kappa shape index (κ3) is 2.11. The van der Waals surface area contributed by atoms with Crippen LogP contribution in [0.2, 0.25) is 0 Å². The van der Waals surface area contributed by atoms with Gasteiger partial charge in [-0.05, 0) is 49.3 Å². The van der Waals surface area contributed by atoms with E-state index in [4.69, 9.17) is 5.73 Å². The topological polar surface area (TPSA) is 46.3 Å². The van der Waals surface area contributed by atoms with Crippen LogP contribution in [0.3, 0.4) is 0 Å². The van der Waals surface area contributed by atoms with Gasteiger partial charge in [0.25, 0.3) is 0 Å². The molecule has 19 heavy (non-hydrogen) atoms. The number of fused-ring (bicyclic) bond motifs is 1. The lowest BCUT2D eigenvalue weighted by Gasteiger charge is -2.26. The standard InChI is InChI=1S/C16H22N2O/c1-10(11-5-3-6-12(17)9-11)18(2)16(19)15-13-7-4-8-14(13)15/h3,5-6,9-10,13-15H,4,7-8,17H2,1-2H3. The second-order valence-corrected chi connectivity index (χ2v) is 6.08. The fourth-order valence-electron chi connectivity index (χ4n) is 3.66. The first-order valence-electron chi connectivity index (χ1n) is 7.21. The van der Waals surface area contributed by atoms with Crippen molar-refractivity contribution in [3.8, 4) is 0 Å². The van der Waals surface area contributed by atoms with Crippen LogP contribution in [0.1, 0.15) is 37.8 Å². The molecular weight excluding hydrogens is 236 g/mol. The highest BCUT2D eigenvalue weighted by Crippen LogP contribution is 2.58. The maximum atomic E-state index is 12.5. The van der Waals surface area contributed by atoms with Gasteiger partial charge in [-0.2, -0.15) is 0 Å². The van der Waals surface area contributed by atoms with E-state index in [1.807, 2.05) is 36.2 Å². The van der Waals surface area contributed by atoms with Crippen LogP contribution in [0.4, 0.5) is 5.69 Å². The minimum absolute atomic E-state index is 0.0947. The molecule has 2 N–H and O–H groups in total. The fraction of sp³-hybridized carbons (Fsp3) is 0.562. The molecular formula is C16H22N2O. The van der Waals surface area contributed by atoms with Gasteiger partial charge >= 0.3 is 0 Å². The van der Waals surface area contributed by atoms with E-state index in [9.17, 15) is 4.79 Å². The minimum Gasteiger partial charge on any atom is -0.399 e. The van der Waals surface area contributed by atoms with Crippen molar-refractivity contribution in [3.05, 3.63) is 29.8 Å². The smallest absolute Gasteiger partial charge is 0.226 e. The summed E-state index contributed by atoms with van der Waals surface area (Å²) < 4.78 is 0. The number of benzene rings is 1. The number of hydrogen-bond acceptors (Lipinski definition) is 2. The first kappa shape index (κ1) is 12.5. The van der Waals surface area contributed by atoms with Gasteiger partial charge in [-0.25, -0.2) is 0 Å². The van der Waals surface area contributed by atoms with Crippen LogP contribution in [-0.4, -0.2) is 17.9 Å². The predicted molar refractivity (Wildman–Crippen MR) is 76.4 cm³/mol. The molecule has 3 nitrogen and oxygen atoms in total. The molecule has 3 unspecified atom stereocenters. The van der Waals surface area contributed by atoms with E-state index < -0.39 is 0 Å². The van der Waals surface area contributed by atoms with E-state index in [1.54, 1.807) is 0 Å². The second kappa shape index (κ2) is 4.55. The minimum atomic E-state index is 0.0947. The van der Waals surface area contributed by atoms with Crippen molar-refractivity contribution in [1.82, 2.24) is 4.90 Å². The molecule has 0 aliphatic heterocycles. The normalized spacial score (nSPS) is 29.7. The number of amides is 1. The zero-order valence-corrected chi connectivity index (χ0v) is 11.7. The molecule has 0 spiro atoms. The molecule has 2 saturated carbocycles. The summed E-state index contributed by atoms with van der Waals surface area (Å²) in [4.78, 5) is 14.4. The Bertz CT molecular complexity index is 489. The predicted octanol–water partition coefficient (Wildman–Crippen LogP) is 2.83. The molecule has 102 valence electrons. The molecule has 2 aliphatic carbocycles. The number of rotatable bonds is 3. The molecule has 1 amide bonds. The SMILES string of the molecule is CC(c1cccc(N)c1)N(C)C(=O)C1C2CCCC21. The van der Waals surface area contributed by atoms with Gasteiger partial charge in [0.1, 0.15) is 0 Å². The van der Waals surface area contributed by atoms with Crippen molar-refractivity contribution in [2.24, 2.45) is 17.8 Å². The molecule has 1 aromatic carbocycles. The summed E-state index contributed by atoms with van der Waals surface area (Å²) in [6.45, 7) is 2.07. The van der Waals surface area contributed by atoms with Crippen molar-refractivity contribution in [1.29, 1.82) is 0 Å². The Morgan fingerprint density at radius 3 is 2.68 bits per heavy atom. The summed E-state index contributed by atoms with van der Waals surface area (Å²) in [6, 6.07) is 7.92. The Kier molecular flexibility index (Phi) is 3.00. The molecule has 0 radical (unpaired) electrons. The molecule has 0 saturated heterocycles. The Morgan fingerprint density at radius 2 is 2.05 bits per heavy atom. The molecule has 0 bridgehead atoms. The third-order valence-corrected chi connectivity index (χ3v) is 5.01. The Hall–Kier alpha value is -1.51. The summed E-state index contributed by atoms with van der Waals surface area (Å²) in [5.41, 5.74) is 7.69. The lowest BCUT2D eigenvalue weighted by Crippen LogP contribution is -2.32. The third-order valence-electron chi connectivity index (χ3n) is 5.01. The van der Waals surface area contributed by atoms with E-state index in [0.717, 1.165) is 11.3 Å². The average molecular weight is 258 g/mol. The number of hydrogen-bond donors (Lipinski definition) is 1. The van der Waals surface area contributed by atoms with Gasteiger partial charge in [0.05, 0.1) is 6.04 Å². The number of carbonyl (C=O) groups is 1. The number of nitrogens with zero attached hydrogens (tertiary/aromatic N) is 1. The lowest BCUT2D eigenvalue weighted by atomic mass is 10.0. The van der Waals surface area contributed by atoms with Crippen LogP contribution in [0.15, 0.2) is 24.3 Å². The number of nitrogens with two attached hydrogens (primary N) is 1. The maximum absolute atomic E-state index is 12.5. The highest BCUT2D eigenvalue weighted by Gasteiger charge is 2.57. The molecule has 3 rings (SSSR count). The van der Waals surface area contributed by atoms with Crippen LogP contribution < -0.4 is 5.73 Å². The molecule has 2 fully saturated rings. The highest BCUT2D eigenvalue weighted by molar-refractivity contribution is 5.82. The van der Waals surface area contributed by atoms with Crippen LogP contribution in [-0.2, 0) is 4.79 Å². The zero-order valence-electron chi connectivity index (χ0n) is 11.7. The molecule has 3 atom stereocenters. The van der Waals surface area contributed by atoms with Gasteiger partial charge in [0.15, 0.2) is 0 Å². The molecule has 1 aromatic rings. The van der Waals surface area contributed by atoms with Gasteiger partial charge in [-0.3, -0.25) is 4.79 Å². The van der Waals surface area contributed by atoms with Crippen molar-refractivity contribution >= 4 is 11.6 Å². The number of anilines is 1. The van der Waals surface area contributed by atoms with Crippen LogP contribution >= 0.6 is 0 Å². The monoisotopic (exact) mass is 258 g/mol. The van der Waals surface area contributed by atoms with E-state index in [2.05, 4.69) is 6.92 Å². The summed E-state index contributed by atoms with van der Waals surface area (Å²) >= 11 is 0. The Morgan fingerprint density at radius 1 is 1.37 bits per heavy atom. The van der Waals surface area contributed by atoms with Crippen molar-refractivity contribution < 1.29 is 4.79 Å². The first-order chi connectivity index (χ1) is 9.09. The molecule has 2 aliphatic rings. The summed E-state index contributed by atoms with van der Waals surface area (Å²) in [5.74, 6) is 2.00. The van der Waals surface area contributed by atoms with Crippen LogP contribution in [0, 0.1) is 17.8 Å². The van der Waals surface area contributed by atoms with Crippen molar-refractivity contribution in [2.45, 2.75) is 32.2 Å². The van der Waals surface area contributed by atoms with Crippen molar-refractivity contribution in [3.63, 3.8) is 0 Å². The van der Waals surface area contributed by atoms with Gasteiger partial charge in [0, 0.05) is 18.7 Å². The largest absolute Gasteiger partial charge is 0.399 e. The zero-order chi connectivity index (χ0) is 13.6. The lowest BCUT2D eigenvalue weighted by molar-refractivity contribution is -0.134. The van der Waals surface area contributed by atoms with Gasteiger partial charge in [-0.15, -0.1) is 0 Å². The van der Waals surface area contributed by atoms with Crippen LogP contribution in [0.25, 0.3) is 0 Å². The summed E-state index contributed by atoms with van der Waals surface area (Å²) in [6.07, 6.45) is 3.82. The highest BCUT2D eigenvalue weighted by atomic mass is 16.2. The molecule has 3 heteroatoms.